The normalized spacial score (nSPS) is 16.1. The fraction of sp³-hybridized carbons (Fsp3) is 0.368. The predicted molar refractivity (Wildman–Crippen MR) is 96.1 cm³/mol. The molecule has 136 valence electrons. The molecular formula is C19H22N4O3. The molecule has 3 N–H and O–H groups in total. The van der Waals surface area contributed by atoms with Crippen molar-refractivity contribution in [2.24, 2.45) is 5.73 Å². The third kappa shape index (κ3) is 2.84. The molecule has 1 aliphatic rings. The number of rotatable bonds is 5. The van der Waals surface area contributed by atoms with E-state index >= 15 is 0 Å². The van der Waals surface area contributed by atoms with Crippen LogP contribution in [0.2, 0.25) is 0 Å². The van der Waals surface area contributed by atoms with Crippen LogP contribution in [-0.2, 0) is 0 Å². The number of hydrogen-bond acceptors (Lipinski definition) is 6. The number of H-pyrrole nitrogens is 1. The first-order valence-corrected chi connectivity index (χ1v) is 8.48. The first kappa shape index (κ1) is 17.7. The minimum atomic E-state index is -0.384. The zero-order valence-corrected chi connectivity index (χ0v) is 15.3. The van der Waals surface area contributed by atoms with Crippen molar-refractivity contribution in [2.45, 2.75) is 32.6 Å². The molecule has 2 aromatic rings. The monoisotopic (exact) mass is 354 g/mol. The summed E-state index contributed by atoms with van der Waals surface area (Å²) < 4.78 is 16.6. The van der Waals surface area contributed by atoms with Gasteiger partial charge in [0.25, 0.3) is 0 Å². The van der Waals surface area contributed by atoms with Gasteiger partial charge in [0.05, 0.1) is 25.2 Å². The Morgan fingerprint density at radius 2 is 2.15 bits per heavy atom. The van der Waals surface area contributed by atoms with Crippen molar-refractivity contribution in [1.29, 1.82) is 5.26 Å². The van der Waals surface area contributed by atoms with Gasteiger partial charge in [0.2, 0.25) is 11.8 Å². The highest BCUT2D eigenvalue weighted by atomic mass is 16.5. The molecule has 0 bridgehead atoms. The van der Waals surface area contributed by atoms with Crippen molar-refractivity contribution in [3.05, 3.63) is 46.5 Å². The fourth-order valence-corrected chi connectivity index (χ4v) is 3.18. The minimum absolute atomic E-state index is 0.0700. The maximum absolute atomic E-state index is 9.70. The fourth-order valence-electron chi connectivity index (χ4n) is 3.18. The summed E-state index contributed by atoms with van der Waals surface area (Å²) in [5.74, 6) is 1.52. The third-order valence-corrected chi connectivity index (χ3v) is 4.37. The molecule has 0 unspecified atom stereocenters. The van der Waals surface area contributed by atoms with Gasteiger partial charge in [-0.25, -0.2) is 0 Å². The Hall–Kier alpha value is -3.14. The first-order chi connectivity index (χ1) is 12.5. The number of allylic oxidation sites excluding steroid dienone is 1. The molecule has 2 heterocycles. The second-order valence-corrected chi connectivity index (χ2v) is 6.28. The van der Waals surface area contributed by atoms with Gasteiger partial charge in [0.15, 0.2) is 11.5 Å². The highest BCUT2D eigenvalue weighted by Gasteiger charge is 2.36. The molecule has 0 amide bonds. The summed E-state index contributed by atoms with van der Waals surface area (Å²) in [7, 11) is 1.59. The average Bonchev–Trinajstić information content (AvgIpc) is 3.04. The molecule has 7 heteroatoms. The molecular weight excluding hydrogens is 332 g/mol. The van der Waals surface area contributed by atoms with Crippen molar-refractivity contribution < 1.29 is 14.2 Å². The predicted octanol–water partition coefficient (Wildman–Crippen LogP) is 3.16. The third-order valence-electron chi connectivity index (χ3n) is 4.37. The molecule has 0 saturated carbocycles. The Morgan fingerprint density at radius 1 is 1.38 bits per heavy atom. The van der Waals surface area contributed by atoms with Gasteiger partial charge in [0, 0.05) is 5.69 Å². The van der Waals surface area contributed by atoms with Crippen LogP contribution in [0.25, 0.3) is 0 Å². The van der Waals surface area contributed by atoms with Crippen LogP contribution in [0.4, 0.5) is 0 Å². The van der Waals surface area contributed by atoms with Crippen LogP contribution in [0.15, 0.2) is 29.7 Å². The van der Waals surface area contributed by atoms with Crippen molar-refractivity contribution in [2.75, 3.05) is 13.7 Å². The SMILES string of the molecule is CCOc1cc([C@H]2C(C#N)=C(N)Oc3n[nH]c(C(C)C)c32)ccc1OC. The number of aromatic amines is 1. The molecule has 1 aliphatic heterocycles. The van der Waals surface area contributed by atoms with E-state index in [1.165, 1.54) is 0 Å². The molecule has 26 heavy (non-hydrogen) atoms. The number of nitrogens with zero attached hydrogens (tertiary/aromatic N) is 2. The molecule has 1 aromatic heterocycles. The molecule has 0 aliphatic carbocycles. The van der Waals surface area contributed by atoms with Gasteiger partial charge < -0.3 is 19.9 Å². The molecule has 1 atom stereocenters. The summed E-state index contributed by atoms with van der Waals surface area (Å²) in [6, 6.07) is 7.81. The maximum Gasteiger partial charge on any atom is 0.244 e. The van der Waals surface area contributed by atoms with Crippen molar-refractivity contribution in [3.8, 4) is 23.4 Å². The van der Waals surface area contributed by atoms with E-state index in [4.69, 9.17) is 19.9 Å². The van der Waals surface area contributed by atoms with Crippen LogP contribution in [0.1, 0.15) is 49.4 Å². The summed E-state index contributed by atoms with van der Waals surface area (Å²) in [6.45, 7) is 6.52. The Bertz CT molecular complexity index is 893. The molecule has 1 aromatic carbocycles. The van der Waals surface area contributed by atoms with E-state index in [-0.39, 0.29) is 17.7 Å². The smallest absolute Gasteiger partial charge is 0.244 e. The number of methoxy groups -OCH3 is 1. The Balaban J connectivity index is 2.21. The quantitative estimate of drug-likeness (QED) is 0.854. The number of fused-ring (bicyclic) bond motifs is 1. The molecule has 7 nitrogen and oxygen atoms in total. The first-order valence-electron chi connectivity index (χ1n) is 8.48. The van der Waals surface area contributed by atoms with E-state index in [1.807, 2.05) is 25.1 Å². The lowest BCUT2D eigenvalue weighted by molar-refractivity contribution is 0.310. The van der Waals surface area contributed by atoms with Gasteiger partial charge in [-0.15, -0.1) is 5.10 Å². The number of nitrogens with one attached hydrogen (secondary N) is 1. The molecule has 0 radical (unpaired) electrons. The second kappa shape index (κ2) is 7.00. The Morgan fingerprint density at radius 3 is 2.77 bits per heavy atom. The standard InChI is InChI=1S/C19H22N4O3/c1-5-25-14-8-11(6-7-13(14)24-4)15-12(9-20)18(21)26-19-16(15)17(10(2)3)22-23-19/h6-8,10,15H,5,21H2,1-4H3,(H,22,23)/t15-/m0/s1. The van der Waals surface area contributed by atoms with Gasteiger partial charge in [0.1, 0.15) is 11.6 Å². The summed E-state index contributed by atoms with van der Waals surface area (Å²) in [5.41, 5.74) is 8.96. The molecule has 0 fully saturated rings. The number of ether oxygens (including phenoxy) is 3. The summed E-state index contributed by atoms with van der Waals surface area (Å²) >= 11 is 0. The molecule has 0 spiro atoms. The summed E-state index contributed by atoms with van der Waals surface area (Å²) in [4.78, 5) is 0. The van der Waals surface area contributed by atoms with E-state index in [0.29, 0.717) is 29.6 Å². The van der Waals surface area contributed by atoms with Gasteiger partial charge in [-0.1, -0.05) is 19.9 Å². The van der Waals surface area contributed by atoms with Gasteiger partial charge in [-0.2, -0.15) is 5.26 Å². The lowest BCUT2D eigenvalue weighted by atomic mass is 9.82. The van der Waals surface area contributed by atoms with E-state index in [2.05, 4.69) is 30.1 Å². The van der Waals surface area contributed by atoms with Crippen LogP contribution in [0.3, 0.4) is 0 Å². The second-order valence-electron chi connectivity index (χ2n) is 6.28. The number of nitriles is 1. The highest BCUT2D eigenvalue weighted by Crippen LogP contribution is 2.45. The average molecular weight is 354 g/mol. The number of nitrogens with two attached hydrogens (primary N) is 1. The summed E-state index contributed by atoms with van der Waals surface area (Å²) in [5, 5.41) is 17.0. The lowest BCUT2D eigenvalue weighted by Gasteiger charge is -2.25. The number of benzene rings is 1. The van der Waals surface area contributed by atoms with Gasteiger partial charge >= 0.3 is 0 Å². The van der Waals surface area contributed by atoms with Crippen LogP contribution >= 0.6 is 0 Å². The van der Waals surface area contributed by atoms with E-state index < -0.39 is 0 Å². The number of hydrogen-bond donors (Lipinski definition) is 2. The largest absolute Gasteiger partial charge is 0.493 e. The van der Waals surface area contributed by atoms with Crippen molar-refractivity contribution in [1.82, 2.24) is 10.2 Å². The molecule has 3 rings (SSSR count). The van der Waals surface area contributed by atoms with Crippen molar-refractivity contribution >= 4 is 0 Å². The van der Waals surface area contributed by atoms with Crippen LogP contribution in [-0.4, -0.2) is 23.9 Å². The van der Waals surface area contributed by atoms with Gasteiger partial charge in [-0.05, 0) is 30.5 Å². The number of aromatic nitrogens is 2. The minimum Gasteiger partial charge on any atom is -0.493 e. The zero-order chi connectivity index (χ0) is 18.8. The van der Waals surface area contributed by atoms with E-state index in [0.717, 1.165) is 16.8 Å². The van der Waals surface area contributed by atoms with Crippen LogP contribution < -0.4 is 19.9 Å². The topological polar surface area (TPSA) is 106 Å². The van der Waals surface area contributed by atoms with Crippen molar-refractivity contribution in [3.63, 3.8) is 0 Å². The summed E-state index contributed by atoms with van der Waals surface area (Å²) in [6.07, 6.45) is 0. The van der Waals surface area contributed by atoms with E-state index in [1.54, 1.807) is 7.11 Å². The zero-order valence-electron chi connectivity index (χ0n) is 15.3. The van der Waals surface area contributed by atoms with Crippen LogP contribution in [0.5, 0.6) is 17.4 Å². The maximum atomic E-state index is 9.70. The highest BCUT2D eigenvalue weighted by molar-refractivity contribution is 5.57. The van der Waals surface area contributed by atoms with Gasteiger partial charge in [-0.3, -0.25) is 5.10 Å². The molecule has 0 saturated heterocycles. The Kier molecular flexibility index (Phi) is 4.76. The van der Waals surface area contributed by atoms with Crippen LogP contribution in [0, 0.1) is 11.3 Å². The van der Waals surface area contributed by atoms with E-state index in [9.17, 15) is 5.26 Å². The Labute approximate surface area is 152 Å². The lowest BCUT2D eigenvalue weighted by Crippen LogP contribution is -2.21.